The molecular formula is C15H21F2N. The number of halogens is 2. The number of rotatable bonds is 3. The molecule has 1 aliphatic carbocycles. The van der Waals surface area contributed by atoms with E-state index >= 15 is 0 Å². The Hall–Kier alpha value is -0.960. The molecule has 2 atom stereocenters. The quantitative estimate of drug-likeness (QED) is 0.802. The van der Waals surface area contributed by atoms with Crippen LogP contribution in [0.1, 0.15) is 44.6 Å². The lowest BCUT2D eigenvalue weighted by Gasteiger charge is -2.23. The molecule has 100 valence electrons. The maximum atomic E-state index is 13.5. The van der Waals surface area contributed by atoms with Crippen LogP contribution in [0.15, 0.2) is 18.2 Å². The minimum Gasteiger partial charge on any atom is -0.310 e. The van der Waals surface area contributed by atoms with Crippen molar-refractivity contribution in [2.45, 2.75) is 51.6 Å². The molecule has 2 unspecified atom stereocenters. The van der Waals surface area contributed by atoms with E-state index in [2.05, 4.69) is 12.2 Å². The Balaban J connectivity index is 1.93. The van der Waals surface area contributed by atoms with Gasteiger partial charge in [0, 0.05) is 24.2 Å². The third-order valence-corrected chi connectivity index (χ3v) is 3.93. The second kappa shape index (κ2) is 6.28. The summed E-state index contributed by atoms with van der Waals surface area (Å²) in [7, 11) is 0. The van der Waals surface area contributed by atoms with Crippen LogP contribution in [0.2, 0.25) is 0 Å². The van der Waals surface area contributed by atoms with Crippen molar-refractivity contribution in [3.63, 3.8) is 0 Å². The molecule has 1 N–H and O–H groups in total. The van der Waals surface area contributed by atoms with Gasteiger partial charge in [-0.25, -0.2) is 8.78 Å². The summed E-state index contributed by atoms with van der Waals surface area (Å²) in [5.74, 6) is -0.334. The van der Waals surface area contributed by atoms with Gasteiger partial charge in [0.25, 0.3) is 0 Å². The average Bonchev–Trinajstić information content (AvgIpc) is 2.53. The highest BCUT2D eigenvalue weighted by Crippen LogP contribution is 2.23. The maximum Gasteiger partial charge on any atom is 0.130 e. The van der Waals surface area contributed by atoms with Crippen LogP contribution in [0, 0.1) is 17.6 Å². The number of hydrogen-bond acceptors (Lipinski definition) is 1. The topological polar surface area (TPSA) is 12.0 Å². The molecule has 1 saturated carbocycles. The van der Waals surface area contributed by atoms with Crippen molar-refractivity contribution in [3.05, 3.63) is 35.4 Å². The summed E-state index contributed by atoms with van der Waals surface area (Å²) in [4.78, 5) is 0. The highest BCUT2D eigenvalue weighted by molar-refractivity contribution is 5.18. The molecule has 1 aromatic rings. The average molecular weight is 253 g/mol. The molecule has 0 amide bonds. The van der Waals surface area contributed by atoms with Gasteiger partial charge in [0.1, 0.15) is 11.6 Å². The molecule has 1 fully saturated rings. The molecule has 0 saturated heterocycles. The van der Waals surface area contributed by atoms with Crippen LogP contribution < -0.4 is 5.32 Å². The molecule has 0 aliphatic heterocycles. The summed E-state index contributed by atoms with van der Waals surface area (Å²) >= 11 is 0. The molecule has 1 aliphatic rings. The van der Waals surface area contributed by atoms with Crippen LogP contribution in [0.3, 0.4) is 0 Å². The molecule has 0 aromatic heterocycles. The Kier molecular flexibility index (Phi) is 4.70. The minimum absolute atomic E-state index is 0.455. The largest absolute Gasteiger partial charge is 0.310 e. The normalized spacial score (nSPS) is 24.8. The van der Waals surface area contributed by atoms with Crippen molar-refractivity contribution in [1.82, 2.24) is 5.32 Å². The summed E-state index contributed by atoms with van der Waals surface area (Å²) in [6, 6.07) is 4.25. The fourth-order valence-electron chi connectivity index (χ4n) is 2.70. The van der Waals surface area contributed by atoms with Crippen molar-refractivity contribution in [3.8, 4) is 0 Å². The van der Waals surface area contributed by atoms with Gasteiger partial charge < -0.3 is 5.32 Å². The van der Waals surface area contributed by atoms with Crippen molar-refractivity contribution >= 4 is 0 Å². The summed E-state index contributed by atoms with van der Waals surface area (Å²) in [5.41, 5.74) is 0.549. The molecule has 1 aromatic carbocycles. The summed E-state index contributed by atoms with van der Waals surface area (Å²) in [5, 5.41) is 3.43. The zero-order valence-corrected chi connectivity index (χ0v) is 10.9. The van der Waals surface area contributed by atoms with Crippen LogP contribution in [-0.4, -0.2) is 6.04 Å². The van der Waals surface area contributed by atoms with Crippen LogP contribution >= 0.6 is 0 Å². The smallest absolute Gasteiger partial charge is 0.130 e. The van der Waals surface area contributed by atoms with Gasteiger partial charge in [-0.2, -0.15) is 0 Å². The van der Waals surface area contributed by atoms with Gasteiger partial charge in [-0.05, 0) is 24.8 Å². The van der Waals surface area contributed by atoms with E-state index in [4.69, 9.17) is 0 Å². The van der Waals surface area contributed by atoms with Crippen LogP contribution in [0.25, 0.3) is 0 Å². The molecule has 0 radical (unpaired) electrons. The SMILES string of the molecule is CC1CCCCCC1NCc1ccc(F)cc1F. The molecule has 1 nitrogen and oxygen atoms in total. The van der Waals surface area contributed by atoms with Gasteiger partial charge in [0.05, 0.1) is 0 Å². The monoisotopic (exact) mass is 253 g/mol. The Morgan fingerprint density at radius 3 is 2.72 bits per heavy atom. The predicted molar refractivity (Wildman–Crippen MR) is 69.2 cm³/mol. The third kappa shape index (κ3) is 3.52. The first-order valence-corrected chi connectivity index (χ1v) is 6.84. The van der Waals surface area contributed by atoms with E-state index in [1.165, 1.54) is 37.8 Å². The summed E-state index contributed by atoms with van der Waals surface area (Å²) < 4.78 is 26.3. The number of hydrogen-bond donors (Lipinski definition) is 1. The van der Waals surface area contributed by atoms with E-state index in [1.54, 1.807) is 0 Å². The maximum absolute atomic E-state index is 13.5. The fraction of sp³-hybridized carbons (Fsp3) is 0.600. The van der Waals surface area contributed by atoms with Crippen LogP contribution in [0.4, 0.5) is 8.78 Å². The van der Waals surface area contributed by atoms with E-state index < -0.39 is 11.6 Å². The summed E-state index contributed by atoms with van der Waals surface area (Å²) in [6.45, 7) is 2.74. The molecule has 18 heavy (non-hydrogen) atoms. The molecule has 2 rings (SSSR count). The standard InChI is InChI=1S/C15H21F2N/c1-11-5-3-2-4-6-15(11)18-10-12-7-8-13(16)9-14(12)17/h7-9,11,15,18H,2-6,10H2,1H3. The number of benzene rings is 1. The van der Waals surface area contributed by atoms with Gasteiger partial charge in [0.2, 0.25) is 0 Å². The van der Waals surface area contributed by atoms with Crippen LogP contribution in [-0.2, 0) is 6.54 Å². The lowest BCUT2D eigenvalue weighted by molar-refractivity contribution is 0.353. The Labute approximate surface area is 108 Å². The van der Waals surface area contributed by atoms with Crippen molar-refractivity contribution < 1.29 is 8.78 Å². The molecular weight excluding hydrogens is 232 g/mol. The first-order chi connectivity index (χ1) is 8.66. The third-order valence-electron chi connectivity index (χ3n) is 3.93. The molecule has 3 heteroatoms. The van der Waals surface area contributed by atoms with Gasteiger partial charge in [-0.1, -0.05) is 32.3 Å². The van der Waals surface area contributed by atoms with Crippen LogP contribution in [0.5, 0.6) is 0 Å². The van der Waals surface area contributed by atoms with E-state index in [0.717, 1.165) is 12.5 Å². The van der Waals surface area contributed by atoms with E-state index in [-0.39, 0.29) is 0 Å². The lowest BCUT2D eigenvalue weighted by atomic mass is 9.97. The second-order valence-corrected chi connectivity index (χ2v) is 5.34. The first kappa shape index (κ1) is 13.5. The number of nitrogens with one attached hydrogen (secondary N) is 1. The minimum atomic E-state index is -0.515. The Morgan fingerprint density at radius 1 is 1.17 bits per heavy atom. The van der Waals surface area contributed by atoms with Gasteiger partial charge >= 0.3 is 0 Å². The van der Waals surface area contributed by atoms with Crippen molar-refractivity contribution in [1.29, 1.82) is 0 Å². The highest BCUT2D eigenvalue weighted by atomic mass is 19.1. The zero-order valence-electron chi connectivity index (χ0n) is 10.9. The Bertz CT molecular complexity index is 392. The first-order valence-electron chi connectivity index (χ1n) is 6.84. The highest BCUT2D eigenvalue weighted by Gasteiger charge is 2.19. The second-order valence-electron chi connectivity index (χ2n) is 5.34. The van der Waals surface area contributed by atoms with E-state index in [1.807, 2.05) is 0 Å². The van der Waals surface area contributed by atoms with Gasteiger partial charge in [-0.3, -0.25) is 0 Å². The molecule has 0 heterocycles. The lowest BCUT2D eigenvalue weighted by Crippen LogP contribution is -2.34. The predicted octanol–water partition coefficient (Wildman–Crippen LogP) is 4.02. The Morgan fingerprint density at radius 2 is 1.94 bits per heavy atom. The molecule has 0 bridgehead atoms. The van der Waals surface area contributed by atoms with Crippen molar-refractivity contribution in [2.24, 2.45) is 5.92 Å². The van der Waals surface area contributed by atoms with Gasteiger partial charge in [0.15, 0.2) is 0 Å². The molecule has 0 spiro atoms. The zero-order chi connectivity index (χ0) is 13.0. The van der Waals surface area contributed by atoms with E-state index in [0.29, 0.717) is 24.1 Å². The van der Waals surface area contributed by atoms with Crippen molar-refractivity contribution in [2.75, 3.05) is 0 Å². The fourth-order valence-corrected chi connectivity index (χ4v) is 2.70. The van der Waals surface area contributed by atoms with Gasteiger partial charge in [-0.15, -0.1) is 0 Å². The summed E-state index contributed by atoms with van der Waals surface area (Å²) in [6.07, 6.45) is 6.24. The van der Waals surface area contributed by atoms with E-state index in [9.17, 15) is 8.78 Å².